The highest BCUT2D eigenvalue weighted by atomic mass is 32.1. The van der Waals surface area contributed by atoms with Crippen molar-refractivity contribution in [2.24, 2.45) is 0 Å². The van der Waals surface area contributed by atoms with Crippen LogP contribution in [0.15, 0.2) is 48.5 Å². The predicted molar refractivity (Wildman–Crippen MR) is 112 cm³/mol. The molecule has 1 aromatic heterocycles. The average molecular weight is 391 g/mol. The molecule has 0 atom stereocenters. The summed E-state index contributed by atoms with van der Waals surface area (Å²) in [6.45, 7) is 1.32. The third-order valence-corrected chi connectivity index (χ3v) is 4.41. The fourth-order valence-corrected chi connectivity index (χ4v) is 3.06. The fourth-order valence-electron chi connectivity index (χ4n) is 2.84. The number of rotatable bonds is 5. The van der Waals surface area contributed by atoms with Crippen molar-refractivity contribution in [2.75, 3.05) is 30.5 Å². The van der Waals surface area contributed by atoms with Crippen molar-refractivity contribution >= 4 is 39.7 Å². The van der Waals surface area contributed by atoms with E-state index in [4.69, 9.17) is 21.7 Å². The summed E-state index contributed by atoms with van der Waals surface area (Å²) in [5, 5.41) is 20.2. The highest BCUT2D eigenvalue weighted by Gasteiger charge is 2.16. The Morgan fingerprint density at radius 3 is 2.68 bits per heavy atom. The second-order valence-corrected chi connectivity index (χ2v) is 6.48. The Morgan fingerprint density at radius 1 is 1.11 bits per heavy atom. The van der Waals surface area contributed by atoms with Gasteiger partial charge in [0.05, 0.1) is 11.1 Å². The zero-order valence-corrected chi connectivity index (χ0v) is 15.7. The standard InChI is InChI=1S/C20H17N5O2S/c21-11-14-8-13-9-17-18(27-12-26-17)10-16(13)25-19(14)22-6-7-23-20(28)24-15-4-2-1-3-5-15/h1-5,8-10H,6-7,12H2,(H,22,25)(H2,23,24,28). The number of hydrogen-bond acceptors (Lipinski definition) is 6. The Labute approximate surface area is 167 Å². The average Bonchev–Trinajstić information content (AvgIpc) is 3.16. The lowest BCUT2D eigenvalue weighted by Gasteiger charge is -2.12. The number of ether oxygens (including phenoxy) is 2. The Bertz CT molecular complexity index is 1070. The van der Waals surface area contributed by atoms with Crippen LogP contribution in [-0.4, -0.2) is 30.0 Å². The number of aromatic nitrogens is 1. The molecule has 0 spiro atoms. The Balaban J connectivity index is 1.38. The molecule has 0 amide bonds. The van der Waals surface area contributed by atoms with Crippen LogP contribution in [0.5, 0.6) is 11.5 Å². The van der Waals surface area contributed by atoms with Gasteiger partial charge in [-0.2, -0.15) is 5.26 Å². The van der Waals surface area contributed by atoms with Crippen LogP contribution in [0.4, 0.5) is 11.5 Å². The Hall–Kier alpha value is -3.57. The van der Waals surface area contributed by atoms with Gasteiger partial charge in [-0.05, 0) is 36.5 Å². The van der Waals surface area contributed by atoms with Gasteiger partial charge in [0.1, 0.15) is 11.9 Å². The number of anilines is 2. The van der Waals surface area contributed by atoms with Crippen LogP contribution in [0.3, 0.4) is 0 Å². The van der Waals surface area contributed by atoms with E-state index in [2.05, 4.69) is 27.0 Å². The highest BCUT2D eigenvalue weighted by Crippen LogP contribution is 2.36. The molecule has 2 aromatic carbocycles. The van der Waals surface area contributed by atoms with E-state index in [1.165, 1.54) is 0 Å². The van der Waals surface area contributed by atoms with Gasteiger partial charge in [-0.3, -0.25) is 0 Å². The summed E-state index contributed by atoms with van der Waals surface area (Å²) < 4.78 is 10.8. The molecule has 0 aliphatic carbocycles. The maximum Gasteiger partial charge on any atom is 0.231 e. The molecule has 3 aromatic rings. The van der Waals surface area contributed by atoms with Crippen molar-refractivity contribution in [3.63, 3.8) is 0 Å². The number of benzene rings is 2. The van der Waals surface area contributed by atoms with Gasteiger partial charge in [-0.15, -0.1) is 0 Å². The van der Waals surface area contributed by atoms with Crippen LogP contribution in [0, 0.1) is 11.3 Å². The smallest absolute Gasteiger partial charge is 0.231 e. The summed E-state index contributed by atoms with van der Waals surface area (Å²) >= 11 is 5.28. The minimum absolute atomic E-state index is 0.199. The van der Waals surface area contributed by atoms with Gasteiger partial charge in [0.2, 0.25) is 6.79 Å². The van der Waals surface area contributed by atoms with Crippen molar-refractivity contribution in [2.45, 2.75) is 0 Å². The minimum atomic E-state index is 0.199. The lowest BCUT2D eigenvalue weighted by Crippen LogP contribution is -2.32. The van der Waals surface area contributed by atoms with Crippen molar-refractivity contribution in [1.82, 2.24) is 10.3 Å². The molecule has 7 nitrogen and oxygen atoms in total. The van der Waals surface area contributed by atoms with E-state index < -0.39 is 0 Å². The molecule has 1 aliphatic heterocycles. The van der Waals surface area contributed by atoms with Gasteiger partial charge in [-0.25, -0.2) is 4.98 Å². The number of nitrogens with one attached hydrogen (secondary N) is 3. The van der Waals surface area contributed by atoms with Crippen molar-refractivity contribution in [3.05, 3.63) is 54.1 Å². The zero-order chi connectivity index (χ0) is 19.3. The van der Waals surface area contributed by atoms with Crippen LogP contribution in [0.2, 0.25) is 0 Å². The number of nitriles is 1. The second-order valence-electron chi connectivity index (χ2n) is 6.07. The summed E-state index contributed by atoms with van der Waals surface area (Å²) in [6.07, 6.45) is 0. The molecule has 28 heavy (non-hydrogen) atoms. The lowest BCUT2D eigenvalue weighted by atomic mass is 10.1. The SMILES string of the molecule is N#Cc1cc2cc3c(cc2nc1NCCNC(=S)Nc1ccccc1)OCO3. The number of para-hydroxylation sites is 1. The van der Waals surface area contributed by atoms with Crippen LogP contribution < -0.4 is 25.4 Å². The van der Waals surface area contributed by atoms with Gasteiger partial charge in [0.15, 0.2) is 16.6 Å². The predicted octanol–water partition coefficient (Wildman–Crippen LogP) is 3.23. The highest BCUT2D eigenvalue weighted by molar-refractivity contribution is 7.80. The normalized spacial score (nSPS) is 11.7. The zero-order valence-electron chi connectivity index (χ0n) is 14.9. The van der Waals surface area contributed by atoms with E-state index in [0.717, 1.165) is 16.6 Å². The Morgan fingerprint density at radius 2 is 1.89 bits per heavy atom. The quantitative estimate of drug-likeness (QED) is 0.451. The molecular weight excluding hydrogens is 374 g/mol. The first-order valence-electron chi connectivity index (χ1n) is 8.71. The first kappa shape index (κ1) is 17.8. The first-order chi connectivity index (χ1) is 13.7. The van der Waals surface area contributed by atoms with Crippen LogP contribution in [-0.2, 0) is 0 Å². The molecule has 2 heterocycles. The van der Waals surface area contributed by atoms with E-state index in [9.17, 15) is 5.26 Å². The van der Waals surface area contributed by atoms with Crippen molar-refractivity contribution in [3.8, 4) is 17.6 Å². The molecular formula is C20H17N5O2S. The van der Waals surface area contributed by atoms with Crippen LogP contribution >= 0.6 is 12.2 Å². The van der Waals surface area contributed by atoms with E-state index in [0.29, 0.717) is 41.1 Å². The molecule has 1 aliphatic rings. The minimum Gasteiger partial charge on any atom is -0.454 e. The van der Waals surface area contributed by atoms with Gasteiger partial charge in [0.25, 0.3) is 0 Å². The third kappa shape index (κ3) is 3.89. The van der Waals surface area contributed by atoms with E-state index in [1.54, 1.807) is 6.07 Å². The van der Waals surface area contributed by atoms with Gasteiger partial charge >= 0.3 is 0 Å². The van der Waals surface area contributed by atoms with Crippen molar-refractivity contribution in [1.29, 1.82) is 5.26 Å². The third-order valence-electron chi connectivity index (χ3n) is 4.16. The molecule has 0 saturated carbocycles. The number of nitrogens with zero attached hydrogens (tertiary/aromatic N) is 2. The summed E-state index contributed by atoms with van der Waals surface area (Å²) in [5.41, 5.74) is 2.13. The summed E-state index contributed by atoms with van der Waals surface area (Å²) in [7, 11) is 0. The molecule has 3 N–H and O–H groups in total. The largest absolute Gasteiger partial charge is 0.454 e. The van der Waals surface area contributed by atoms with Gasteiger partial charge in [-0.1, -0.05) is 18.2 Å². The molecule has 8 heteroatoms. The molecule has 0 unspecified atom stereocenters. The van der Waals surface area contributed by atoms with Crippen molar-refractivity contribution < 1.29 is 9.47 Å². The molecule has 0 bridgehead atoms. The lowest BCUT2D eigenvalue weighted by molar-refractivity contribution is 0.174. The first-order valence-corrected chi connectivity index (χ1v) is 9.12. The molecule has 0 saturated heterocycles. The summed E-state index contributed by atoms with van der Waals surface area (Å²) in [6, 6.07) is 17.3. The maximum atomic E-state index is 9.45. The number of thiocarbonyl (C=S) groups is 1. The monoisotopic (exact) mass is 391 g/mol. The van der Waals surface area contributed by atoms with Gasteiger partial charge < -0.3 is 25.4 Å². The summed E-state index contributed by atoms with van der Waals surface area (Å²) in [4.78, 5) is 4.56. The number of fused-ring (bicyclic) bond motifs is 2. The molecule has 4 rings (SSSR count). The Kier molecular flexibility index (Phi) is 5.08. The molecule has 0 radical (unpaired) electrons. The summed E-state index contributed by atoms with van der Waals surface area (Å²) in [5.74, 6) is 1.86. The van der Waals surface area contributed by atoms with E-state index in [1.807, 2.05) is 42.5 Å². The topological polar surface area (TPSA) is 91.2 Å². The van der Waals surface area contributed by atoms with E-state index in [-0.39, 0.29) is 6.79 Å². The number of pyridine rings is 1. The fraction of sp³-hybridized carbons (Fsp3) is 0.150. The second kappa shape index (κ2) is 7.98. The molecule has 0 fully saturated rings. The van der Waals surface area contributed by atoms with Gasteiger partial charge in [0, 0.05) is 30.2 Å². The number of hydrogen-bond donors (Lipinski definition) is 3. The van der Waals surface area contributed by atoms with Crippen LogP contribution in [0.1, 0.15) is 5.56 Å². The van der Waals surface area contributed by atoms with Crippen LogP contribution in [0.25, 0.3) is 10.9 Å². The molecule has 140 valence electrons. The maximum absolute atomic E-state index is 9.45. The van der Waals surface area contributed by atoms with E-state index >= 15 is 0 Å².